The number of hydrogen-bond donors (Lipinski definition) is 2. The van der Waals surface area contributed by atoms with Crippen LogP contribution in [0.4, 0.5) is 10.1 Å². The van der Waals surface area contributed by atoms with Crippen LogP contribution in [0.15, 0.2) is 28.7 Å². The third-order valence-electron chi connectivity index (χ3n) is 2.23. The highest BCUT2D eigenvalue weighted by molar-refractivity contribution is 7.89. The lowest BCUT2D eigenvalue weighted by Crippen LogP contribution is -2.24. The number of hydrogen-bond acceptors (Lipinski definition) is 5. The van der Waals surface area contributed by atoms with E-state index < -0.39 is 20.7 Å². The van der Waals surface area contributed by atoms with Gasteiger partial charge in [0.2, 0.25) is 10.0 Å². The third-order valence-corrected chi connectivity index (χ3v) is 4.68. The van der Waals surface area contributed by atoms with Crippen LogP contribution < -0.4 is 10.5 Å². The maximum absolute atomic E-state index is 13.7. The van der Waals surface area contributed by atoms with Crippen molar-refractivity contribution in [2.75, 3.05) is 5.73 Å². The van der Waals surface area contributed by atoms with Crippen molar-refractivity contribution in [1.29, 1.82) is 0 Å². The first-order chi connectivity index (χ1) is 8.90. The lowest BCUT2D eigenvalue weighted by molar-refractivity contribution is 0.557. The minimum atomic E-state index is -4.02. The lowest BCUT2D eigenvalue weighted by atomic mass is 10.3. The molecule has 0 radical (unpaired) electrons. The summed E-state index contributed by atoms with van der Waals surface area (Å²) in [7, 11) is -4.02. The van der Waals surface area contributed by atoms with Crippen LogP contribution in [0.2, 0.25) is 5.02 Å². The quantitative estimate of drug-likeness (QED) is 0.843. The fraction of sp³-hybridized carbons (Fsp3) is 0.100. The van der Waals surface area contributed by atoms with Crippen LogP contribution in [-0.2, 0) is 16.6 Å². The van der Waals surface area contributed by atoms with Crippen molar-refractivity contribution in [3.63, 3.8) is 0 Å². The summed E-state index contributed by atoms with van der Waals surface area (Å²) in [4.78, 5) is 3.95. The molecule has 1 heterocycles. The number of rotatable bonds is 4. The second-order valence-electron chi connectivity index (χ2n) is 3.61. The van der Waals surface area contributed by atoms with Gasteiger partial charge >= 0.3 is 0 Å². The second kappa shape index (κ2) is 5.41. The fourth-order valence-corrected chi connectivity index (χ4v) is 3.40. The summed E-state index contributed by atoms with van der Waals surface area (Å²) in [5.74, 6) is -1.02. The predicted octanol–water partition coefficient (Wildman–Crippen LogP) is 2.00. The fourth-order valence-electron chi connectivity index (χ4n) is 1.35. The molecular weight excluding hydrogens is 313 g/mol. The maximum atomic E-state index is 13.7. The molecule has 0 amide bonds. The molecule has 19 heavy (non-hydrogen) atoms. The molecule has 0 aliphatic heterocycles. The minimum absolute atomic E-state index is 0.0266. The Bertz CT molecular complexity index is 689. The van der Waals surface area contributed by atoms with Gasteiger partial charge in [0, 0.05) is 23.3 Å². The number of nitrogens with one attached hydrogen (secondary N) is 1. The van der Waals surface area contributed by atoms with Gasteiger partial charge in [-0.15, -0.1) is 11.3 Å². The number of thiazole rings is 1. The van der Waals surface area contributed by atoms with Gasteiger partial charge in [-0.05, 0) is 12.1 Å². The zero-order chi connectivity index (χ0) is 14.0. The van der Waals surface area contributed by atoms with Crippen molar-refractivity contribution in [3.8, 4) is 0 Å². The summed E-state index contributed by atoms with van der Waals surface area (Å²) in [6.07, 6.45) is 1.52. The average molecular weight is 322 g/mol. The maximum Gasteiger partial charge on any atom is 0.243 e. The molecule has 0 unspecified atom stereocenters. The molecule has 3 N–H and O–H groups in total. The van der Waals surface area contributed by atoms with Gasteiger partial charge in [0.25, 0.3) is 0 Å². The van der Waals surface area contributed by atoms with Crippen molar-refractivity contribution in [2.45, 2.75) is 11.4 Å². The predicted molar refractivity (Wildman–Crippen MR) is 72.0 cm³/mol. The van der Waals surface area contributed by atoms with E-state index in [1.54, 1.807) is 5.51 Å². The van der Waals surface area contributed by atoms with Gasteiger partial charge in [0.1, 0.15) is 4.90 Å². The number of benzene rings is 1. The molecule has 0 aliphatic carbocycles. The Morgan fingerprint density at radius 2 is 2.21 bits per heavy atom. The number of nitrogens with zero attached hydrogens (tertiary/aromatic N) is 1. The Labute approximate surface area is 118 Å². The van der Waals surface area contributed by atoms with Crippen LogP contribution in [0.3, 0.4) is 0 Å². The standard InChI is InChI=1S/C10H9ClFN3O2S2/c11-8-1-6(13)2-9(10(8)12)19(16,17)15-4-7-3-14-5-18-7/h1-3,5,15H,4,13H2. The minimum Gasteiger partial charge on any atom is -0.399 e. The molecule has 102 valence electrons. The van der Waals surface area contributed by atoms with Gasteiger partial charge in [0.05, 0.1) is 10.5 Å². The summed E-state index contributed by atoms with van der Waals surface area (Å²) in [6, 6.07) is 2.18. The van der Waals surface area contributed by atoms with E-state index in [9.17, 15) is 12.8 Å². The normalized spacial score (nSPS) is 11.7. The topological polar surface area (TPSA) is 85.1 Å². The van der Waals surface area contributed by atoms with Crippen molar-refractivity contribution >= 4 is 38.6 Å². The molecule has 0 bridgehead atoms. The van der Waals surface area contributed by atoms with Crippen LogP contribution in [0, 0.1) is 5.82 Å². The van der Waals surface area contributed by atoms with E-state index >= 15 is 0 Å². The van der Waals surface area contributed by atoms with Crippen molar-refractivity contribution in [1.82, 2.24) is 9.71 Å². The van der Waals surface area contributed by atoms with Crippen LogP contribution in [0.25, 0.3) is 0 Å². The Morgan fingerprint density at radius 1 is 1.47 bits per heavy atom. The summed E-state index contributed by atoms with van der Waals surface area (Å²) in [6.45, 7) is 0.0266. The molecule has 5 nitrogen and oxygen atoms in total. The molecule has 1 aromatic carbocycles. The first-order valence-electron chi connectivity index (χ1n) is 5.01. The lowest BCUT2D eigenvalue weighted by Gasteiger charge is -2.08. The van der Waals surface area contributed by atoms with Gasteiger partial charge < -0.3 is 5.73 Å². The van der Waals surface area contributed by atoms with E-state index in [0.29, 0.717) is 4.88 Å². The van der Waals surface area contributed by atoms with E-state index in [1.807, 2.05) is 0 Å². The highest BCUT2D eigenvalue weighted by Crippen LogP contribution is 2.25. The van der Waals surface area contributed by atoms with Crippen LogP contribution in [0.5, 0.6) is 0 Å². The number of aromatic nitrogens is 1. The number of sulfonamides is 1. The van der Waals surface area contributed by atoms with E-state index in [-0.39, 0.29) is 17.3 Å². The summed E-state index contributed by atoms with van der Waals surface area (Å²) in [5, 5.41) is -0.335. The Kier molecular flexibility index (Phi) is 4.04. The molecule has 0 saturated heterocycles. The third kappa shape index (κ3) is 3.21. The summed E-state index contributed by atoms with van der Waals surface area (Å²) >= 11 is 6.86. The second-order valence-corrected chi connectivity index (χ2v) is 6.72. The first-order valence-corrected chi connectivity index (χ1v) is 7.76. The molecule has 0 spiro atoms. The Balaban J connectivity index is 2.29. The number of nitrogen functional groups attached to an aromatic ring is 1. The molecule has 0 saturated carbocycles. The summed E-state index contributed by atoms with van der Waals surface area (Å²) < 4.78 is 39.9. The van der Waals surface area contributed by atoms with Gasteiger partial charge in [-0.25, -0.2) is 17.5 Å². The molecular formula is C10H9ClFN3O2S2. The van der Waals surface area contributed by atoms with Crippen LogP contribution in [-0.4, -0.2) is 13.4 Å². The molecule has 0 fully saturated rings. The monoisotopic (exact) mass is 321 g/mol. The zero-order valence-corrected chi connectivity index (χ0v) is 11.8. The summed E-state index contributed by atoms with van der Waals surface area (Å²) in [5.41, 5.74) is 7.11. The highest BCUT2D eigenvalue weighted by Gasteiger charge is 2.21. The van der Waals surface area contributed by atoms with Gasteiger partial charge in [-0.2, -0.15) is 0 Å². The van der Waals surface area contributed by atoms with Crippen molar-refractivity contribution < 1.29 is 12.8 Å². The molecule has 1 aromatic heterocycles. The Morgan fingerprint density at radius 3 is 2.84 bits per heavy atom. The zero-order valence-electron chi connectivity index (χ0n) is 9.43. The van der Waals surface area contributed by atoms with Gasteiger partial charge in [0.15, 0.2) is 5.82 Å². The highest BCUT2D eigenvalue weighted by atomic mass is 35.5. The Hall–Kier alpha value is -1.22. The average Bonchev–Trinajstić information content (AvgIpc) is 2.84. The van der Waals surface area contributed by atoms with Crippen molar-refractivity contribution in [3.05, 3.63) is 39.6 Å². The number of anilines is 1. The van der Waals surface area contributed by atoms with Crippen molar-refractivity contribution in [2.24, 2.45) is 0 Å². The smallest absolute Gasteiger partial charge is 0.243 e. The molecule has 0 aliphatic rings. The molecule has 0 atom stereocenters. The number of halogens is 2. The van der Waals surface area contributed by atoms with E-state index in [4.69, 9.17) is 17.3 Å². The molecule has 2 aromatic rings. The first kappa shape index (κ1) is 14.2. The largest absolute Gasteiger partial charge is 0.399 e. The molecule has 9 heteroatoms. The van der Waals surface area contributed by atoms with E-state index in [1.165, 1.54) is 17.5 Å². The van der Waals surface area contributed by atoms with Gasteiger partial charge in [-0.1, -0.05) is 11.6 Å². The van der Waals surface area contributed by atoms with E-state index in [2.05, 4.69) is 9.71 Å². The molecule has 2 rings (SSSR count). The van der Waals surface area contributed by atoms with E-state index in [0.717, 1.165) is 12.1 Å². The number of nitrogens with two attached hydrogens (primary N) is 1. The van der Waals surface area contributed by atoms with Crippen LogP contribution in [0.1, 0.15) is 4.88 Å². The van der Waals surface area contributed by atoms with Crippen LogP contribution >= 0.6 is 22.9 Å². The van der Waals surface area contributed by atoms with Gasteiger partial charge in [-0.3, -0.25) is 4.98 Å². The SMILES string of the molecule is Nc1cc(Cl)c(F)c(S(=O)(=O)NCc2cncs2)c1.